The molecule has 1 aromatic carbocycles. The van der Waals surface area contributed by atoms with Crippen molar-refractivity contribution in [1.82, 2.24) is 20.1 Å². The van der Waals surface area contributed by atoms with E-state index in [2.05, 4.69) is 15.8 Å². The topological polar surface area (TPSA) is 111 Å². The predicted molar refractivity (Wildman–Crippen MR) is 105 cm³/mol. The average molecular weight is 402 g/mol. The molecule has 3 rings (SSSR count). The van der Waals surface area contributed by atoms with Crippen molar-refractivity contribution in [1.29, 1.82) is 0 Å². The van der Waals surface area contributed by atoms with Gasteiger partial charge in [0.05, 0.1) is 0 Å². The molecule has 1 aliphatic rings. The molecule has 8 nitrogen and oxygen atoms in total. The maximum Gasteiger partial charge on any atom is 0.286 e. The second-order valence-corrected chi connectivity index (χ2v) is 8.28. The van der Waals surface area contributed by atoms with Gasteiger partial charge < -0.3 is 4.98 Å². The highest BCUT2D eigenvalue weighted by Gasteiger charge is 2.30. The number of carbonyl (C=O) groups is 2. The fraction of sp³-hybridized carbons (Fsp3) is 0.263. The molecule has 28 heavy (non-hydrogen) atoms. The van der Waals surface area contributed by atoms with Crippen molar-refractivity contribution >= 4 is 27.9 Å². The Balaban J connectivity index is 1.48. The van der Waals surface area contributed by atoms with Crippen LogP contribution in [-0.4, -0.2) is 42.6 Å². The Morgan fingerprint density at radius 1 is 1.04 bits per heavy atom. The van der Waals surface area contributed by atoms with Gasteiger partial charge in [0.2, 0.25) is 15.9 Å². The molecule has 0 radical (unpaired) electrons. The van der Waals surface area contributed by atoms with Crippen molar-refractivity contribution < 1.29 is 18.0 Å². The quantitative estimate of drug-likeness (QED) is 0.658. The number of hydrogen-bond acceptors (Lipinski definition) is 4. The minimum absolute atomic E-state index is 0.254. The van der Waals surface area contributed by atoms with Crippen LogP contribution >= 0.6 is 0 Å². The van der Waals surface area contributed by atoms with Crippen molar-refractivity contribution in [2.24, 2.45) is 5.92 Å². The number of hydrogen-bond donors (Lipinski definition) is 3. The van der Waals surface area contributed by atoms with E-state index in [9.17, 15) is 18.0 Å². The third-order valence-corrected chi connectivity index (χ3v) is 6.12. The van der Waals surface area contributed by atoms with Gasteiger partial charge in [-0.1, -0.05) is 30.3 Å². The van der Waals surface area contributed by atoms with Crippen LogP contribution in [0.5, 0.6) is 0 Å². The maximum absolute atomic E-state index is 12.5. The zero-order valence-corrected chi connectivity index (χ0v) is 16.0. The standard InChI is InChI=1S/C19H22N4O4S/c24-18(21-22-19(25)17-7-4-11-20-17)16-8-12-23(13-9-16)28(26,27)14-10-15-5-2-1-3-6-15/h1-7,10-11,14,16,20H,8-9,12-13H2,(H,21,24)(H,22,25)/b14-10+. The molecule has 0 unspecified atom stereocenters. The Morgan fingerprint density at radius 2 is 1.75 bits per heavy atom. The largest absolute Gasteiger partial charge is 0.357 e. The number of rotatable bonds is 5. The number of benzene rings is 1. The second-order valence-electron chi connectivity index (χ2n) is 6.46. The summed E-state index contributed by atoms with van der Waals surface area (Å²) < 4.78 is 26.3. The Labute approximate surface area is 163 Å². The van der Waals surface area contributed by atoms with Crippen LogP contribution in [0, 0.1) is 5.92 Å². The molecule has 3 N–H and O–H groups in total. The van der Waals surface area contributed by atoms with E-state index < -0.39 is 15.9 Å². The van der Waals surface area contributed by atoms with Crippen LogP contribution in [0.25, 0.3) is 6.08 Å². The summed E-state index contributed by atoms with van der Waals surface area (Å²) >= 11 is 0. The van der Waals surface area contributed by atoms with E-state index in [0.29, 0.717) is 18.5 Å². The zero-order chi connectivity index (χ0) is 20.0. The number of amides is 2. The molecule has 1 fully saturated rings. The molecule has 0 bridgehead atoms. The number of piperidine rings is 1. The zero-order valence-electron chi connectivity index (χ0n) is 15.2. The number of nitrogens with zero attached hydrogens (tertiary/aromatic N) is 1. The van der Waals surface area contributed by atoms with Crippen LogP contribution in [0.2, 0.25) is 0 Å². The van der Waals surface area contributed by atoms with Gasteiger partial charge in [-0.2, -0.15) is 4.31 Å². The van der Waals surface area contributed by atoms with Gasteiger partial charge in [-0.25, -0.2) is 8.42 Å². The third kappa shape index (κ3) is 5.08. The van der Waals surface area contributed by atoms with Gasteiger partial charge in [0.1, 0.15) is 5.69 Å². The number of hydrazine groups is 1. The molecule has 0 saturated carbocycles. The van der Waals surface area contributed by atoms with Crippen LogP contribution in [0.3, 0.4) is 0 Å². The maximum atomic E-state index is 12.5. The van der Waals surface area contributed by atoms with Gasteiger partial charge in [0, 0.05) is 30.6 Å². The number of aromatic nitrogens is 1. The molecular weight excluding hydrogens is 380 g/mol. The molecule has 2 amide bonds. The minimum atomic E-state index is -3.54. The molecular formula is C19H22N4O4S. The number of H-pyrrole nitrogens is 1. The van der Waals surface area contributed by atoms with Gasteiger partial charge in [-0.3, -0.25) is 20.4 Å². The summed E-state index contributed by atoms with van der Waals surface area (Å²) in [6.45, 7) is 0.508. The van der Waals surface area contributed by atoms with E-state index >= 15 is 0 Å². The Bertz CT molecular complexity index is 932. The lowest BCUT2D eigenvalue weighted by Gasteiger charge is -2.29. The van der Waals surface area contributed by atoms with Crippen LogP contribution in [0.4, 0.5) is 0 Å². The summed E-state index contributed by atoms with van der Waals surface area (Å²) in [6.07, 6.45) is 3.95. The highest BCUT2D eigenvalue weighted by atomic mass is 32.2. The number of carbonyl (C=O) groups excluding carboxylic acids is 2. The molecule has 0 atom stereocenters. The monoisotopic (exact) mass is 402 g/mol. The van der Waals surface area contributed by atoms with Crippen molar-refractivity contribution in [3.8, 4) is 0 Å². The first-order valence-electron chi connectivity index (χ1n) is 8.92. The molecule has 2 heterocycles. The van der Waals surface area contributed by atoms with E-state index in [0.717, 1.165) is 5.56 Å². The summed E-state index contributed by atoms with van der Waals surface area (Å²) in [6, 6.07) is 12.5. The summed E-state index contributed by atoms with van der Waals surface area (Å²) in [5, 5.41) is 1.19. The normalized spacial score (nSPS) is 16.1. The number of aromatic amines is 1. The summed E-state index contributed by atoms with van der Waals surface area (Å²) in [5.41, 5.74) is 5.89. The first-order chi connectivity index (χ1) is 13.5. The predicted octanol–water partition coefficient (Wildman–Crippen LogP) is 1.49. The van der Waals surface area contributed by atoms with Crippen molar-refractivity contribution in [3.05, 3.63) is 65.3 Å². The molecule has 1 aliphatic heterocycles. The smallest absolute Gasteiger partial charge is 0.286 e. The van der Waals surface area contributed by atoms with Crippen LogP contribution in [0.1, 0.15) is 28.9 Å². The third-order valence-electron chi connectivity index (χ3n) is 4.56. The first kappa shape index (κ1) is 19.8. The van der Waals surface area contributed by atoms with Crippen molar-refractivity contribution in [2.75, 3.05) is 13.1 Å². The summed E-state index contributed by atoms with van der Waals surface area (Å²) in [7, 11) is -3.54. The Kier molecular flexibility index (Phi) is 6.27. The molecule has 2 aromatic rings. The first-order valence-corrected chi connectivity index (χ1v) is 10.4. The summed E-state index contributed by atoms with van der Waals surface area (Å²) in [5.74, 6) is -1.12. The second kappa shape index (κ2) is 8.85. The van der Waals surface area contributed by atoms with E-state index in [4.69, 9.17) is 0 Å². The van der Waals surface area contributed by atoms with Crippen LogP contribution < -0.4 is 10.9 Å². The molecule has 1 aromatic heterocycles. The van der Waals surface area contributed by atoms with Gasteiger partial charge >= 0.3 is 0 Å². The fourth-order valence-electron chi connectivity index (χ4n) is 2.95. The SMILES string of the molecule is O=C(NNC(=O)C1CCN(S(=O)(=O)/C=C/c2ccccc2)CC1)c1ccc[nH]1. The number of sulfonamides is 1. The average Bonchev–Trinajstić information content (AvgIpc) is 3.26. The van der Waals surface area contributed by atoms with Gasteiger partial charge in [-0.15, -0.1) is 0 Å². The fourth-order valence-corrected chi connectivity index (χ4v) is 4.17. The lowest BCUT2D eigenvalue weighted by molar-refractivity contribution is -0.126. The lowest BCUT2D eigenvalue weighted by Crippen LogP contribution is -2.48. The van der Waals surface area contributed by atoms with Crippen LogP contribution in [0.15, 0.2) is 54.1 Å². The highest BCUT2D eigenvalue weighted by Crippen LogP contribution is 2.21. The van der Waals surface area contributed by atoms with E-state index in [1.165, 1.54) is 9.71 Å². The number of nitrogens with one attached hydrogen (secondary N) is 3. The van der Waals surface area contributed by atoms with Gasteiger partial charge in [0.15, 0.2) is 0 Å². The Hall–Kier alpha value is -2.91. The summed E-state index contributed by atoms with van der Waals surface area (Å²) in [4.78, 5) is 26.8. The molecule has 0 spiro atoms. The van der Waals surface area contributed by atoms with E-state index in [1.54, 1.807) is 24.4 Å². The van der Waals surface area contributed by atoms with E-state index in [-0.39, 0.29) is 24.9 Å². The molecule has 0 aliphatic carbocycles. The van der Waals surface area contributed by atoms with Crippen molar-refractivity contribution in [3.63, 3.8) is 0 Å². The minimum Gasteiger partial charge on any atom is -0.357 e. The highest BCUT2D eigenvalue weighted by molar-refractivity contribution is 7.92. The Morgan fingerprint density at radius 3 is 2.39 bits per heavy atom. The van der Waals surface area contributed by atoms with E-state index in [1.807, 2.05) is 30.3 Å². The molecule has 9 heteroatoms. The molecule has 148 valence electrons. The van der Waals surface area contributed by atoms with Crippen molar-refractivity contribution in [2.45, 2.75) is 12.8 Å². The lowest BCUT2D eigenvalue weighted by atomic mass is 9.98. The van der Waals surface area contributed by atoms with Gasteiger partial charge in [-0.05, 0) is 36.6 Å². The molecule has 1 saturated heterocycles. The van der Waals surface area contributed by atoms with Crippen LogP contribution in [-0.2, 0) is 14.8 Å². The van der Waals surface area contributed by atoms with Gasteiger partial charge in [0.25, 0.3) is 5.91 Å².